The van der Waals surface area contributed by atoms with Crippen LogP contribution < -0.4 is 5.73 Å². The lowest BCUT2D eigenvalue weighted by atomic mass is 10.0. The van der Waals surface area contributed by atoms with Gasteiger partial charge in [0.15, 0.2) is 0 Å². The molecule has 0 aliphatic heterocycles. The fourth-order valence-corrected chi connectivity index (χ4v) is 2.19. The van der Waals surface area contributed by atoms with Crippen LogP contribution in [0.2, 0.25) is 0 Å². The first-order chi connectivity index (χ1) is 8.85. The second-order valence-corrected chi connectivity index (χ2v) is 4.45. The molecule has 90 valence electrons. The summed E-state index contributed by atoms with van der Waals surface area (Å²) in [6.07, 6.45) is 0.944. The molecule has 3 aromatic rings. The molecule has 0 spiro atoms. The topological polar surface area (TPSA) is 39.2 Å². The molecule has 0 amide bonds. The van der Waals surface area contributed by atoms with Gasteiger partial charge in [-0.25, -0.2) is 0 Å². The predicted octanol–water partition coefficient (Wildman–Crippen LogP) is 3.48. The van der Waals surface area contributed by atoms with Crippen molar-refractivity contribution >= 4 is 11.0 Å². The third kappa shape index (κ3) is 2.15. The van der Waals surface area contributed by atoms with E-state index in [0.717, 1.165) is 23.2 Å². The lowest BCUT2D eigenvalue weighted by Gasteiger charge is -2.01. The minimum absolute atomic E-state index is 0.447. The molecule has 0 bridgehead atoms. The highest BCUT2D eigenvalue weighted by Crippen LogP contribution is 2.21. The van der Waals surface area contributed by atoms with Gasteiger partial charge in [-0.2, -0.15) is 0 Å². The van der Waals surface area contributed by atoms with E-state index < -0.39 is 0 Å². The molecular formula is C16H15NO. The van der Waals surface area contributed by atoms with Crippen LogP contribution in [0.3, 0.4) is 0 Å². The number of benzene rings is 2. The normalized spacial score (nSPS) is 10.9. The van der Waals surface area contributed by atoms with E-state index in [1.807, 2.05) is 18.2 Å². The maximum Gasteiger partial charge on any atom is 0.134 e. The van der Waals surface area contributed by atoms with Crippen LogP contribution in [0.1, 0.15) is 16.9 Å². The second kappa shape index (κ2) is 4.67. The lowest BCUT2D eigenvalue weighted by Crippen LogP contribution is -1.92. The SMILES string of the molecule is NCc1cc2cc(Cc3ccccc3)ccc2o1. The number of fused-ring (bicyclic) bond motifs is 1. The zero-order valence-corrected chi connectivity index (χ0v) is 10.1. The Hall–Kier alpha value is -2.06. The first-order valence-corrected chi connectivity index (χ1v) is 6.10. The van der Waals surface area contributed by atoms with Crippen LogP contribution in [0.25, 0.3) is 11.0 Å². The van der Waals surface area contributed by atoms with Crippen molar-refractivity contribution in [3.63, 3.8) is 0 Å². The highest BCUT2D eigenvalue weighted by Gasteiger charge is 2.03. The van der Waals surface area contributed by atoms with E-state index in [0.29, 0.717) is 6.54 Å². The molecule has 2 aromatic carbocycles. The van der Waals surface area contributed by atoms with Crippen LogP contribution in [0, 0.1) is 0 Å². The number of hydrogen-bond donors (Lipinski definition) is 1. The summed E-state index contributed by atoms with van der Waals surface area (Å²) in [5.41, 5.74) is 9.10. The quantitative estimate of drug-likeness (QED) is 0.757. The van der Waals surface area contributed by atoms with E-state index in [-0.39, 0.29) is 0 Å². The summed E-state index contributed by atoms with van der Waals surface area (Å²) in [5.74, 6) is 0.835. The predicted molar refractivity (Wildman–Crippen MR) is 73.4 cm³/mol. The maximum absolute atomic E-state index is 5.60. The van der Waals surface area contributed by atoms with E-state index in [9.17, 15) is 0 Å². The molecule has 0 atom stereocenters. The molecule has 2 N–H and O–H groups in total. The van der Waals surface area contributed by atoms with Gasteiger partial charge in [0.25, 0.3) is 0 Å². The number of nitrogens with two attached hydrogens (primary N) is 1. The Labute approximate surface area is 106 Å². The summed E-state index contributed by atoms with van der Waals surface area (Å²) in [6, 6.07) is 18.8. The monoisotopic (exact) mass is 237 g/mol. The zero-order valence-electron chi connectivity index (χ0n) is 10.1. The van der Waals surface area contributed by atoms with Crippen molar-refractivity contribution in [1.82, 2.24) is 0 Å². The van der Waals surface area contributed by atoms with Gasteiger partial charge in [0.05, 0.1) is 6.54 Å². The maximum atomic E-state index is 5.60. The molecule has 18 heavy (non-hydrogen) atoms. The fraction of sp³-hybridized carbons (Fsp3) is 0.125. The van der Waals surface area contributed by atoms with Crippen molar-refractivity contribution in [3.8, 4) is 0 Å². The van der Waals surface area contributed by atoms with Gasteiger partial charge in [-0.05, 0) is 35.7 Å². The van der Waals surface area contributed by atoms with Crippen molar-refractivity contribution in [3.05, 3.63) is 71.5 Å². The molecule has 0 unspecified atom stereocenters. The third-order valence-corrected chi connectivity index (χ3v) is 3.08. The number of furan rings is 1. The highest BCUT2D eigenvalue weighted by atomic mass is 16.3. The van der Waals surface area contributed by atoms with Gasteiger partial charge in [-0.3, -0.25) is 0 Å². The standard InChI is InChI=1S/C16H15NO/c17-11-15-10-14-9-13(6-7-16(14)18-15)8-12-4-2-1-3-5-12/h1-7,9-10H,8,11,17H2. The largest absolute Gasteiger partial charge is 0.460 e. The first kappa shape index (κ1) is 11.1. The zero-order chi connectivity index (χ0) is 12.4. The van der Waals surface area contributed by atoms with E-state index in [4.69, 9.17) is 10.2 Å². The Bertz CT molecular complexity index is 655. The molecule has 1 aromatic heterocycles. The molecule has 0 saturated carbocycles. The van der Waals surface area contributed by atoms with Crippen molar-refractivity contribution in [1.29, 1.82) is 0 Å². The van der Waals surface area contributed by atoms with Crippen molar-refractivity contribution in [2.45, 2.75) is 13.0 Å². The molecule has 0 aliphatic carbocycles. The Balaban J connectivity index is 1.93. The summed E-state index contributed by atoms with van der Waals surface area (Å²) in [5, 5.41) is 1.13. The van der Waals surface area contributed by atoms with Gasteiger partial charge in [0.1, 0.15) is 11.3 Å². The summed E-state index contributed by atoms with van der Waals surface area (Å²) in [6.45, 7) is 0.447. The second-order valence-electron chi connectivity index (χ2n) is 4.45. The van der Waals surface area contributed by atoms with Crippen LogP contribution in [0.15, 0.2) is 59.0 Å². The van der Waals surface area contributed by atoms with Crippen LogP contribution in [0.4, 0.5) is 0 Å². The Morgan fingerprint density at radius 1 is 0.889 bits per heavy atom. The van der Waals surface area contributed by atoms with Crippen molar-refractivity contribution < 1.29 is 4.42 Å². The summed E-state index contributed by atoms with van der Waals surface area (Å²) in [4.78, 5) is 0. The summed E-state index contributed by atoms with van der Waals surface area (Å²) in [7, 11) is 0. The Morgan fingerprint density at radius 2 is 1.72 bits per heavy atom. The smallest absolute Gasteiger partial charge is 0.134 e. The van der Waals surface area contributed by atoms with Crippen LogP contribution in [-0.2, 0) is 13.0 Å². The molecule has 0 aliphatic rings. The van der Waals surface area contributed by atoms with Crippen molar-refractivity contribution in [2.24, 2.45) is 5.73 Å². The molecular weight excluding hydrogens is 222 g/mol. The molecule has 0 radical (unpaired) electrons. The minimum atomic E-state index is 0.447. The Morgan fingerprint density at radius 3 is 2.50 bits per heavy atom. The van der Waals surface area contributed by atoms with Gasteiger partial charge in [-0.15, -0.1) is 0 Å². The number of rotatable bonds is 3. The lowest BCUT2D eigenvalue weighted by molar-refractivity contribution is 0.552. The van der Waals surface area contributed by atoms with Crippen LogP contribution in [0.5, 0.6) is 0 Å². The first-order valence-electron chi connectivity index (χ1n) is 6.10. The van der Waals surface area contributed by atoms with E-state index in [2.05, 4.69) is 36.4 Å². The van der Waals surface area contributed by atoms with Crippen LogP contribution >= 0.6 is 0 Å². The van der Waals surface area contributed by atoms with E-state index in [1.54, 1.807) is 0 Å². The van der Waals surface area contributed by atoms with Gasteiger partial charge in [0, 0.05) is 5.39 Å². The van der Waals surface area contributed by atoms with E-state index in [1.165, 1.54) is 11.1 Å². The van der Waals surface area contributed by atoms with Gasteiger partial charge in [-0.1, -0.05) is 36.4 Å². The van der Waals surface area contributed by atoms with Crippen molar-refractivity contribution in [2.75, 3.05) is 0 Å². The van der Waals surface area contributed by atoms with Gasteiger partial charge in [0.2, 0.25) is 0 Å². The highest BCUT2D eigenvalue weighted by molar-refractivity contribution is 5.78. The Kier molecular flexibility index (Phi) is 2.87. The molecule has 3 rings (SSSR count). The molecule has 2 heteroatoms. The molecule has 2 nitrogen and oxygen atoms in total. The number of hydrogen-bond acceptors (Lipinski definition) is 2. The minimum Gasteiger partial charge on any atom is -0.460 e. The van der Waals surface area contributed by atoms with Crippen LogP contribution in [-0.4, -0.2) is 0 Å². The fourth-order valence-electron chi connectivity index (χ4n) is 2.19. The van der Waals surface area contributed by atoms with Gasteiger partial charge < -0.3 is 10.2 Å². The summed E-state index contributed by atoms with van der Waals surface area (Å²) < 4.78 is 5.60. The average molecular weight is 237 g/mol. The summed E-state index contributed by atoms with van der Waals surface area (Å²) >= 11 is 0. The molecule has 0 saturated heterocycles. The third-order valence-electron chi connectivity index (χ3n) is 3.08. The molecule has 1 heterocycles. The van der Waals surface area contributed by atoms with E-state index >= 15 is 0 Å². The average Bonchev–Trinajstić information content (AvgIpc) is 2.82. The van der Waals surface area contributed by atoms with Gasteiger partial charge >= 0.3 is 0 Å². The molecule has 0 fully saturated rings.